The average molecular weight is 333 g/mol. The Morgan fingerprint density at radius 1 is 1.46 bits per heavy atom. The largest absolute Gasteiger partial charge is 0.481 e. The minimum Gasteiger partial charge on any atom is -0.481 e. The van der Waals surface area contributed by atoms with Crippen molar-refractivity contribution in [3.8, 4) is 11.6 Å². The summed E-state index contributed by atoms with van der Waals surface area (Å²) in [6.07, 6.45) is 3.35. The maximum absolute atomic E-state index is 12.4. The highest BCUT2D eigenvalue weighted by molar-refractivity contribution is 5.78. The maximum atomic E-state index is 12.4. The van der Waals surface area contributed by atoms with Crippen molar-refractivity contribution in [1.82, 2.24) is 15.0 Å². The Morgan fingerprint density at radius 3 is 3.00 bits per heavy atom. The minimum atomic E-state index is -0.847. The fourth-order valence-electron chi connectivity index (χ4n) is 3.04. The molecular weight excluding hydrogens is 314 g/mol. The first-order valence-electron chi connectivity index (χ1n) is 7.95. The molecule has 0 radical (unpaired) electrons. The number of furan rings is 1. The number of piperidine rings is 1. The Balaban J connectivity index is 1.58. The Bertz CT molecular complexity index is 709. The van der Waals surface area contributed by atoms with Crippen molar-refractivity contribution in [3.05, 3.63) is 24.3 Å². The molecule has 1 fully saturated rings. The van der Waals surface area contributed by atoms with Crippen LogP contribution in [0.25, 0.3) is 11.6 Å². The van der Waals surface area contributed by atoms with E-state index < -0.39 is 11.9 Å². The molecule has 0 bridgehead atoms. The summed E-state index contributed by atoms with van der Waals surface area (Å²) in [7, 11) is 0. The Labute approximate surface area is 138 Å². The van der Waals surface area contributed by atoms with E-state index in [2.05, 4.69) is 10.1 Å². The van der Waals surface area contributed by atoms with E-state index in [0.717, 1.165) is 0 Å². The van der Waals surface area contributed by atoms with Crippen molar-refractivity contribution in [2.45, 2.75) is 38.6 Å². The van der Waals surface area contributed by atoms with E-state index in [0.29, 0.717) is 43.3 Å². The number of likely N-dealkylation sites (tertiary alicyclic amines) is 1. The molecule has 0 aliphatic carbocycles. The lowest BCUT2D eigenvalue weighted by molar-refractivity contribution is -0.149. The molecule has 1 aliphatic rings. The van der Waals surface area contributed by atoms with E-state index in [1.54, 1.807) is 24.0 Å². The predicted octanol–water partition coefficient (Wildman–Crippen LogP) is 1.97. The van der Waals surface area contributed by atoms with Gasteiger partial charge in [0, 0.05) is 25.4 Å². The summed E-state index contributed by atoms with van der Waals surface area (Å²) in [6, 6.07) is 3.15. The topological polar surface area (TPSA) is 110 Å². The maximum Gasteiger partial charge on any atom is 0.308 e. The van der Waals surface area contributed by atoms with Crippen LogP contribution in [-0.2, 0) is 16.0 Å². The summed E-state index contributed by atoms with van der Waals surface area (Å²) >= 11 is 0. The van der Waals surface area contributed by atoms with Gasteiger partial charge in [-0.25, -0.2) is 0 Å². The predicted molar refractivity (Wildman–Crippen MR) is 81.9 cm³/mol. The quantitative estimate of drug-likeness (QED) is 0.890. The van der Waals surface area contributed by atoms with Crippen molar-refractivity contribution in [1.29, 1.82) is 0 Å². The zero-order valence-electron chi connectivity index (χ0n) is 13.3. The lowest BCUT2D eigenvalue weighted by Crippen LogP contribution is -2.49. The zero-order valence-corrected chi connectivity index (χ0v) is 13.3. The number of aromatic nitrogens is 2. The summed E-state index contributed by atoms with van der Waals surface area (Å²) in [6.45, 7) is 2.38. The molecule has 1 amide bonds. The average Bonchev–Trinajstić information content (AvgIpc) is 3.23. The highest BCUT2D eigenvalue weighted by Gasteiger charge is 2.35. The molecule has 2 aromatic rings. The second-order valence-corrected chi connectivity index (χ2v) is 5.90. The van der Waals surface area contributed by atoms with Gasteiger partial charge in [-0.3, -0.25) is 9.59 Å². The van der Waals surface area contributed by atoms with Gasteiger partial charge in [0.25, 0.3) is 0 Å². The number of hydrogen-bond donors (Lipinski definition) is 1. The van der Waals surface area contributed by atoms with Crippen LogP contribution in [0.3, 0.4) is 0 Å². The normalized spacial score (nSPS) is 21.0. The molecule has 24 heavy (non-hydrogen) atoms. The lowest BCUT2D eigenvalue weighted by Gasteiger charge is -2.37. The molecule has 1 aliphatic heterocycles. The number of carboxylic acids is 1. The standard InChI is InChI=1S/C16H19N3O5/c1-10-11(16(21)22)4-2-8-19(10)14(20)7-6-13-17-15(18-24-13)12-5-3-9-23-12/h3,5,9-11H,2,4,6-8H2,1H3,(H,21,22)/t10-,11-/m1/s1. The van der Waals surface area contributed by atoms with Crippen LogP contribution in [0.2, 0.25) is 0 Å². The van der Waals surface area contributed by atoms with Crippen molar-refractivity contribution < 1.29 is 23.6 Å². The zero-order chi connectivity index (χ0) is 17.1. The van der Waals surface area contributed by atoms with E-state index in [9.17, 15) is 14.7 Å². The first-order valence-corrected chi connectivity index (χ1v) is 7.95. The third kappa shape index (κ3) is 3.32. The molecule has 128 valence electrons. The molecule has 2 aromatic heterocycles. The third-order valence-corrected chi connectivity index (χ3v) is 4.39. The van der Waals surface area contributed by atoms with Crippen LogP contribution < -0.4 is 0 Å². The van der Waals surface area contributed by atoms with E-state index in [1.165, 1.54) is 6.26 Å². The van der Waals surface area contributed by atoms with E-state index in [-0.39, 0.29) is 18.4 Å². The fourth-order valence-corrected chi connectivity index (χ4v) is 3.04. The first-order chi connectivity index (χ1) is 11.6. The van der Waals surface area contributed by atoms with E-state index >= 15 is 0 Å². The van der Waals surface area contributed by atoms with Gasteiger partial charge >= 0.3 is 5.97 Å². The molecule has 0 aromatic carbocycles. The monoisotopic (exact) mass is 333 g/mol. The lowest BCUT2D eigenvalue weighted by atomic mass is 9.90. The number of aryl methyl sites for hydroxylation is 1. The molecule has 1 N–H and O–H groups in total. The number of carboxylic acid groups (broad SMARTS) is 1. The summed E-state index contributed by atoms with van der Waals surface area (Å²) in [5.74, 6) is -0.234. The summed E-state index contributed by atoms with van der Waals surface area (Å²) in [4.78, 5) is 29.5. The highest BCUT2D eigenvalue weighted by atomic mass is 16.5. The Morgan fingerprint density at radius 2 is 2.29 bits per heavy atom. The van der Waals surface area contributed by atoms with Gasteiger partial charge in [-0.05, 0) is 31.9 Å². The van der Waals surface area contributed by atoms with Gasteiger partial charge in [-0.1, -0.05) is 5.16 Å². The number of carbonyl (C=O) groups excluding carboxylic acids is 1. The Kier molecular flexibility index (Phi) is 4.64. The molecule has 8 nitrogen and oxygen atoms in total. The fraction of sp³-hybridized carbons (Fsp3) is 0.500. The minimum absolute atomic E-state index is 0.0915. The molecule has 0 saturated carbocycles. The second kappa shape index (κ2) is 6.86. The van der Waals surface area contributed by atoms with Crippen LogP contribution >= 0.6 is 0 Å². The summed E-state index contributed by atoms with van der Waals surface area (Å²) in [5.41, 5.74) is 0. The van der Waals surface area contributed by atoms with Crippen molar-refractivity contribution >= 4 is 11.9 Å². The second-order valence-electron chi connectivity index (χ2n) is 5.90. The number of amides is 1. The van der Waals surface area contributed by atoms with Crippen LogP contribution in [0.15, 0.2) is 27.3 Å². The number of hydrogen-bond acceptors (Lipinski definition) is 6. The molecule has 1 saturated heterocycles. The summed E-state index contributed by atoms with van der Waals surface area (Å²) in [5, 5.41) is 13.0. The van der Waals surface area contributed by atoms with Crippen LogP contribution in [0.4, 0.5) is 0 Å². The van der Waals surface area contributed by atoms with E-state index in [1.807, 2.05) is 0 Å². The summed E-state index contributed by atoms with van der Waals surface area (Å²) < 4.78 is 10.3. The van der Waals surface area contributed by atoms with Crippen molar-refractivity contribution in [2.75, 3.05) is 6.54 Å². The van der Waals surface area contributed by atoms with Crippen LogP contribution in [0, 0.1) is 5.92 Å². The third-order valence-electron chi connectivity index (χ3n) is 4.39. The number of rotatable bonds is 5. The van der Waals surface area contributed by atoms with E-state index in [4.69, 9.17) is 8.94 Å². The molecule has 3 heterocycles. The number of carbonyl (C=O) groups is 2. The number of nitrogens with zero attached hydrogens (tertiary/aromatic N) is 3. The molecule has 8 heteroatoms. The van der Waals surface area contributed by atoms with Crippen molar-refractivity contribution in [2.24, 2.45) is 5.92 Å². The molecule has 3 rings (SSSR count). The molecule has 0 unspecified atom stereocenters. The van der Waals surface area contributed by atoms with Gasteiger partial charge in [-0.2, -0.15) is 4.98 Å². The molecular formula is C16H19N3O5. The SMILES string of the molecule is C[C@@H]1[C@H](C(=O)O)CCCN1C(=O)CCc1nc(-c2ccco2)no1. The van der Waals surface area contributed by atoms with Crippen LogP contribution in [-0.4, -0.2) is 44.6 Å². The number of aliphatic carboxylic acids is 1. The van der Waals surface area contributed by atoms with Gasteiger partial charge in [0.05, 0.1) is 12.2 Å². The smallest absolute Gasteiger partial charge is 0.308 e. The molecule has 2 atom stereocenters. The first kappa shape index (κ1) is 16.2. The van der Waals surface area contributed by atoms with Crippen LogP contribution in [0.1, 0.15) is 32.1 Å². The molecule has 0 spiro atoms. The van der Waals surface area contributed by atoms with Crippen molar-refractivity contribution in [3.63, 3.8) is 0 Å². The van der Waals surface area contributed by atoms with Gasteiger partial charge in [0.15, 0.2) is 5.76 Å². The highest BCUT2D eigenvalue weighted by Crippen LogP contribution is 2.24. The van der Waals surface area contributed by atoms with Gasteiger partial charge in [0.2, 0.25) is 17.6 Å². The van der Waals surface area contributed by atoms with Gasteiger partial charge in [0.1, 0.15) is 0 Å². The Hall–Kier alpha value is -2.64. The van der Waals surface area contributed by atoms with Crippen LogP contribution in [0.5, 0.6) is 0 Å². The van der Waals surface area contributed by atoms with Gasteiger partial charge < -0.3 is 18.9 Å². The van der Waals surface area contributed by atoms with Gasteiger partial charge in [-0.15, -0.1) is 0 Å².